The Kier molecular flexibility index (Phi) is 5.43. The van der Waals surface area contributed by atoms with E-state index in [0.29, 0.717) is 34.7 Å². The average Bonchev–Trinajstić information content (AvgIpc) is 3.15. The number of methoxy groups -OCH3 is 1. The Hall–Kier alpha value is -2.90. The van der Waals surface area contributed by atoms with E-state index in [1.165, 1.54) is 0 Å². The zero-order valence-electron chi connectivity index (χ0n) is 15.2. The van der Waals surface area contributed by atoms with Crippen LogP contribution in [0.25, 0.3) is 22.6 Å². The van der Waals surface area contributed by atoms with Crippen LogP contribution in [-0.2, 0) is 10.4 Å². The predicted octanol–water partition coefficient (Wildman–Crippen LogP) is 3.39. The average molecular weight is 370 g/mol. The van der Waals surface area contributed by atoms with Gasteiger partial charge in [0.1, 0.15) is 11.3 Å². The molecule has 7 heteroatoms. The number of aromatic nitrogens is 1. The van der Waals surface area contributed by atoms with Gasteiger partial charge in [-0.1, -0.05) is 19.1 Å². The second-order valence-electron chi connectivity index (χ2n) is 6.35. The van der Waals surface area contributed by atoms with Crippen molar-refractivity contribution in [2.45, 2.75) is 31.8 Å². The van der Waals surface area contributed by atoms with Gasteiger partial charge in [0, 0.05) is 18.1 Å². The van der Waals surface area contributed by atoms with Crippen LogP contribution < -0.4 is 10.2 Å². The second-order valence-corrected chi connectivity index (χ2v) is 6.35. The van der Waals surface area contributed by atoms with Crippen LogP contribution in [0.15, 0.2) is 46.9 Å². The van der Waals surface area contributed by atoms with Crippen molar-refractivity contribution in [3.05, 3.63) is 48.0 Å². The lowest BCUT2D eigenvalue weighted by molar-refractivity contribution is -0.130. The molecule has 1 aromatic heterocycles. The van der Waals surface area contributed by atoms with E-state index in [9.17, 15) is 9.90 Å². The molecule has 3 N–H and O–H groups in total. The molecule has 0 spiro atoms. The molecule has 0 aliphatic rings. The highest BCUT2D eigenvalue weighted by atomic mass is 16.5. The van der Waals surface area contributed by atoms with Crippen molar-refractivity contribution in [2.24, 2.45) is 0 Å². The van der Waals surface area contributed by atoms with E-state index in [2.05, 4.69) is 4.98 Å². The Balaban J connectivity index is 1.84. The fourth-order valence-corrected chi connectivity index (χ4v) is 2.98. The van der Waals surface area contributed by atoms with Crippen LogP contribution in [0.4, 0.5) is 0 Å². The number of hydrogen-bond acceptors (Lipinski definition) is 6. The van der Waals surface area contributed by atoms with Crippen molar-refractivity contribution in [2.75, 3.05) is 7.11 Å². The normalized spacial score (nSPS) is 13.3. The van der Waals surface area contributed by atoms with Gasteiger partial charge in [-0.05, 0) is 42.7 Å². The molecule has 1 atom stereocenters. The van der Waals surface area contributed by atoms with Gasteiger partial charge in [0.25, 0.3) is 0 Å². The highest BCUT2D eigenvalue weighted by Gasteiger charge is 2.28. The Morgan fingerprint density at radius 2 is 2.00 bits per heavy atom. The molecule has 27 heavy (non-hydrogen) atoms. The summed E-state index contributed by atoms with van der Waals surface area (Å²) in [7, 11) is 1.60. The van der Waals surface area contributed by atoms with Crippen LogP contribution in [0.3, 0.4) is 0 Å². The highest BCUT2D eigenvalue weighted by Crippen LogP contribution is 2.32. The van der Waals surface area contributed by atoms with E-state index in [0.717, 1.165) is 5.56 Å². The van der Waals surface area contributed by atoms with E-state index in [1.54, 1.807) is 36.9 Å². The number of amides is 1. The van der Waals surface area contributed by atoms with E-state index >= 15 is 0 Å². The first-order valence-electron chi connectivity index (χ1n) is 8.70. The maximum atomic E-state index is 11.3. The third-order valence-corrected chi connectivity index (χ3v) is 4.74. The number of carbonyl (C=O) groups is 1. The second kappa shape index (κ2) is 7.77. The molecular weight excluding hydrogens is 348 g/mol. The van der Waals surface area contributed by atoms with Crippen LogP contribution in [0, 0.1) is 0 Å². The van der Waals surface area contributed by atoms with Gasteiger partial charge in [-0.25, -0.2) is 10.5 Å². The Labute approximate surface area is 156 Å². The quantitative estimate of drug-likeness (QED) is 0.435. The molecule has 142 valence electrons. The van der Waals surface area contributed by atoms with E-state index in [-0.39, 0.29) is 12.8 Å². The van der Waals surface area contributed by atoms with Crippen LogP contribution in [0.2, 0.25) is 0 Å². The molecular formula is C20H22N2O5. The minimum atomic E-state index is -1.15. The standard InChI is InChI=1S/C20H22N2O5/c1-3-20(24,11-10-18(23)22-25)14-6-4-13(5-7-14)19-21-16-12-15(26-2)8-9-17(16)27-19/h4-9,12,24-25H,3,10-11H2,1-2H3,(H,22,23)/t20-/m1/s1. The monoisotopic (exact) mass is 370 g/mol. The third-order valence-electron chi connectivity index (χ3n) is 4.74. The van der Waals surface area contributed by atoms with E-state index < -0.39 is 11.5 Å². The van der Waals surface area contributed by atoms with Gasteiger partial charge in [0.05, 0.1) is 12.7 Å². The van der Waals surface area contributed by atoms with Crippen molar-refractivity contribution in [3.8, 4) is 17.2 Å². The summed E-state index contributed by atoms with van der Waals surface area (Å²) in [6, 6.07) is 12.7. The molecule has 0 radical (unpaired) electrons. The lowest BCUT2D eigenvalue weighted by Crippen LogP contribution is -2.28. The summed E-state index contributed by atoms with van der Waals surface area (Å²) >= 11 is 0. The smallest absolute Gasteiger partial charge is 0.243 e. The Morgan fingerprint density at radius 3 is 2.63 bits per heavy atom. The number of nitrogens with zero attached hydrogens (tertiary/aromatic N) is 1. The third kappa shape index (κ3) is 3.94. The summed E-state index contributed by atoms with van der Waals surface area (Å²) in [5.41, 5.74) is 3.27. The molecule has 0 aliphatic heterocycles. The molecule has 1 amide bonds. The van der Waals surface area contributed by atoms with Gasteiger partial charge in [-0.15, -0.1) is 0 Å². The van der Waals surface area contributed by atoms with Gasteiger partial charge in [0.15, 0.2) is 5.58 Å². The zero-order valence-corrected chi connectivity index (χ0v) is 15.2. The maximum absolute atomic E-state index is 11.3. The van der Waals surface area contributed by atoms with Crippen molar-refractivity contribution < 1.29 is 24.3 Å². The molecule has 1 heterocycles. The molecule has 7 nitrogen and oxygen atoms in total. The van der Waals surface area contributed by atoms with Crippen molar-refractivity contribution in [3.63, 3.8) is 0 Å². The number of nitrogens with one attached hydrogen (secondary N) is 1. The van der Waals surface area contributed by atoms with Crippen LogP contribution in [0.5, 0.6) is 5.75 Å². The molecule has 0 bridgehead atoms. The van der Waals surface area contributed by atoms with E-state index in [1.807, 2.05) is 25.1 Å². The lowest BCUT2D eigenvalue weighted by Gasteiger charge is -2.27. The number of fused-ring (bicyclic) bond motifs is 1. The van der Waals surface area contributed by atoms with Crippen molar-refractivity contribution >= 4 is 17.0 Å². The molecule has 0 saturated carbocycles. The largest absolute Gasteiger partial charge is 0.497 e. The molecule has 0 unspecified atom stereocenters. The molecule has 3 rings (SSSR count). The number of carbonyl (C=O) groups excluding carboxylic acids is 1. The summed E-state index contributed by atoms with van der Waals surface area (Å²) in [6.45, 7) is 1.85. The molecule has 3 aromatic rings. The zero-order chi connectivity index (χ0) is 19.4. The SMILES string of the molecule is CC[C@@](O)(CCC(=O)NO)c1ccc(-c2nc3cc(OC)ccc3o2)cc1. The molecule has 0 fully saturated rings. The first-order chi connectivity index (χ1) is 13.0. The van der Waals surface area contributed by atoms with Gasteiger partial charge in [0.2, 0.25) is 11.8 Å². The van der Waals surface area contributed by atoms with Crippen LogP contribution in [0.1, 0.15) is 31.7 Å². The Morgan fingerprint density at radius 1 is 1.26 bits per heavy atom. The number of ether oxygens (including phenoxy) is 1. The fourth-order valence-electron chi connectivity index (χ4n) is 2.98. The van der Waals surface area contributed by atoms with Crippen LogP contribution >= 0.6 is 0 Å². The summed E-state index contributed by atoms with van der Waals surface area (Å²) in [5, 5.41) is 19.5. The molecule has 0 saturated heterocycles. The predicted molar refractivity (Wildman–Crippen MR) is 99.3 cm³/mol. The molecule has 0 aliphatic carbocycles. The number of hydrogen-bond donors (Lipinski definition) is 3. The summed E-state index contributed by atoms with van der Waals surface area (Å²) in [5.74, 6) is 0.655. The number of rotatable bonds is 7. The first kappa shape index (κ1) is 18.9. The molecule has 2 aromatic carbocycles. The summed E-state index contributed by atoms with van der Waals surface area (Å²) in [4.78, 5) is 15.8. The van der Waals surface area contributed by atoms with Gasteiger partial charge in [-0.3, -0.25) is 10.0 Å². The number of aliphatic hydroxyl groups is 1. The minimum Gasteiger partial charge on any atom is -0.497 e. The van der Waals surface area contributed by atoms with Gasteiger partial charge < -0.3 is 14.3 Å². The number of benzene rings is 2. The number of oxazole rings is 1. The fraction of sp³-hybridized carbons (Fsp3) is 0.300. The topological polar surface area (TPSA) is 105 Å². The van der Waals surface area contributed by atoms with Crippen LogP contribution in [-0.4, -0.2) is 28.3 Å². The highest BCUT2D eigenvalue weighted by molar-refractivity contribution is 5.77. The van der Waals surface area contributed by atoms with Gasteiger partial charge >= 0.3 is 0 Å². The Bertz CT molecular complexity index is 935. The lowest BCUT2D eigenvalue weighted by atomic mass is 9.86. The first-order valence-corrected chi connectivity index (χ1v) is 8.70. The van der Waals surface area contributed by atoms with Gasteiger partial charge in [-0.2, -0.15) is 0 Å². The van der Waals surface area contributed by atoms with Crippen molar-refractivity contribution in [1.82, 2.24) is 10.5 Å². The summed E-state index contributed by atoms with van der Waals surface area (Å²) < 4.78 is 11.0. The van der Waals surface area contributed by atoms with Crippen molar-refractivity contribution in [1.29, 1.82) is 0 Å². The minimum absolute atomic E-state index is 0.0234. The summed E-state index contributed by atoms with van der Waals surface area (Å²) in [6.07, 6.45) is 0.668. The maximum Gasteiger partial charge on any atom is 0.243 e. The van der Waals surface area contributed by atoms with E-state index in [4.69, 9.17) is 14.4 Å². The number of hydroxylamine groups is 1.